The number of H-pyrrole nitrogens is 1. The second-order valence-electron chi connectivity index (χ2n) is 13.2. The number of hydrogen-bond acceptors (Lipinski definition) is 10. The van der Waals surface area contributed by atoms with Gasteiger partial charge < -0.3 is 26.4 Å². The zero-order valence-corrected chi connectivity index (χ0v) is 26.5. The highest BCUT2D eigenvalue weighted by molar-refractivity contribution is 7.71. The summed E-state index contributed by atoms with van der Waals surface area (Å²) >= 11 is 5.37. The SMILES string of the molecule is CC(NC(=O)c1cc(C(=O)NCc2ccc3c(c2)CN(c2c(N)c(=O)c2=O)CC3)nc2n[nH]c(=S)n12)C12CCC(C(=O)O)(CC1)CC2. The average Bonchev–Trinajstić information content (AvgIpc) is 3.47. The Bertz CT molecular complexity index is 2090. The third-order valence-corrected chi connectivity index (χ3v) is 11.1. The predicted molar refractivity (Wildman–Crippen MR) is 173 cm³/mol. The molecule has 1 atom stereocenters. The van der Waals surface area contributed by atoms with Gasteiger partial charge in [0.25, 0.3) is 28.4 Å². The average molecular weight is 659 g/mol. The van der Waals surface area contributed by atoms with E-state index in [0.717, 1.165) is 36.0 Å². The normalized spacial score (nSPS) is 22.6. The van der Waals surface area contributed by atoms with Crippen molar-refractivity contribution in [1.82, 2.24) is 30.2 Å². The first-order valence-corrected chi connectivity index (χ1v) is 16.1. The lowest BCUT2D eigenvalue weighted by Gasteiger charge is -2.54. The molecule has 244 valence electrons. The van der Waals surface area contributed by atoms with E-state index in [0.29, 0.717) is 38.8 Å². The number of anilines is 2. The zero-order valence-electron chi connectivity index (χ0n) is 25.7. The Labute approximate surface area is 273 Å². The Kier molecular flexibility index (Phi) is 7.26. The summed E-state index contributed by atoms with van der Waals surface area (Å²) < 4.78 is 1.55. The Morgan fingerprint density at radius 3 is 2.47 bits per heavy atom. The number of aromatic nitrogens is 4. The monoisotopic (exact) mass is 658 g/mol. The van der Waals surface area contributed by atoms with E-state index in [4.69, 9.17) is 18.0 Å². The molecule has 4 aromatic rings. The van der Waals surface area contributed by atoms with E-state index >= 15 is 0 Å². The Morgan fingerprint density at radius 1 is 1.06 bits per heavy atom. The molecule has 2 aromatic carbocycles. The molecule has 15 heteroatoms. The van der Waals surface area contributed by atoms with Crippen LogP contribution in [-0.4, -0.2) is 55.1 Å². The number of nitrogens with two attached hydrogens (primary N) is 1. The number of nitrogen functional groups attached to an aromatic ring is 1. The molecule has 0 saturated heterocycles. The van der Waals surface area contributed by atoms with Crippen LogP contribution in [0, 0.1) is 15.6 Å². The highest BCUT2D eigenvalue weighted by Gasteiger charge is 2.54. The molecule has 3 saturated carbocycles. The quantitative estimate of drug-likeness (QED) is 0.137. The van der Waals surface area contributed by atoms with Crippen LogP contribution >= 0.6 is 12.2 Å². The molecule has 3 fully saturated rings. The van der Waals surface area contributed by atoms with Crippen molar-refractivity contribution in [3.8, 4) is 0 Å². The van der Waals surface area contributed by atoms with Gasteiger partial charge in [-0.3, -0.25) is 24.0 Å². The molecule has 0 spiro atoms. The van der Waals surface area contributed by atoms with Crippen LogP contribution in [0.1, 0.15) is 83.1 Å². The van der Waals surface area contributed by atoms with E-state index in [2.05, 4.69) is 25.8 Å². The Hall–Kier alpha value is -4.92. The smallest absolute Gasteiger partial charge is 0.309 e. The first-order valence-electron chi connectivity index (χ1n) is 15.7. The largest absolute Gasteiger partial charge is 0.481 e. The minimum absolute atomic E-state index is 0.00143. The number of aliphatic carboxylic acids is 1. The lowest BCUT2D eigenvalue weighted by atomic mass is 9.52. The number of hydrogen-bond donors (Lipinski definition) is 5. The molecule has 3 heterocycles. The molecule has 2 aromatic heterocycles. The number of nitrogens with zero attached hydrogens (tertiary/aromatic N) is 4. The zero-order chi connectivity index (χ0) is 33.2. The molecular formula is C32H34N8O6S. The summed E-state index contributed by atoms with van der Waals surface area (Å²) in [6, 6.07) is 7.01. The molecule has 0 radical (unpaired) electrons. The van der Waals surface area contributed by atoms with Crippen molar-refractivity contribution in [3.05, 3.63) is 77.6 Å². The fourth-order valence-corrected chi connectivity index (χ4v) is 7.93. The lowest BCUT2D eigenvalue weighted by Crippen LogP contribution is -2.54. The highest BCUT2D eigenvalue weighted by atomic mass is 32.1. The van der Waals surface area contributed by atoms with Gasteiger partial charge >= 0.3 is 5.97 Å². The minimum atomic E-state index is -0.732. The van der Waals surface area contributed by atoms with Crippen molar-refractivity contribution in [2.24, 2.45) is 10.8 Å². The van der Waals surface area contributed by atoms with E-state index < -0.39 is 34.1 Å². The lowest BCUT2D eigenvalue weighted by molar-refractivity contribution is -0.159. The van der Waals surface area contributed by atoms with Crippen molar-refractivity contribution >= 4 is 47.2 Å². The molecule has 14 nitrogen and oxygen atoms in total. The van der Waals surface area contributed by atoms with E-state index in [1.807, 2.05) is 30.0 Å². The van der Waals surface area contributed by atoms with Gasteiger partial charge in [0.2, 0.25) is 4.77 Å². The molecule has 1 unspecified atom stereocenters. The van der Waals surface area contributed by atoms with E-state index in [9.17, 15) is 29.1 Å². The van der Waals surface area contributed by atoms with E-state index in [-0.39, 0.29) is 51.3 Å². The van der Waals surface area contributed by atoms with Crippen molar-refractivity contribution < 1.29 is 19.5 Å². The van der Waals surface area contributed by atoms with Crippen LogP contribution in [0.25, 0.3) is 5.78 Å². The van der Waals surface area contributed by atoms with Crippen LogP contribution < -0.4 is 32.1 Å². The van der Waals surface area contributed by atoms with Gasteiger partial charge in [0.05, 0.1) is 5.41 Å². The van der Waals surface area contributed by atoms with Gasteiger partial charge in [-0.1, -0.05) is 18.2 Å². The third kappa shape index (κ3) is 4.99. The van der Waals surface area contributed by atoms with Gasteiger partial charge in [0.15, 0.2) is 0 Å². The molecule has 4 aliphatic rings. The van der Waals surface area contributed by atoms with Gasteiger partial charge in [-0.25, -0.2) is 14.5 Å². The third-order valence-electron chi connectivity index (χ3n) is 10.9. The summed E-state index contributed by atoms with van der Waals surface area (Å²) in [7, 11) is 0. The van der Waals surface area contributed by atoms with Crippen molar-refractivity contribution in [3.63, 3.8) is 0 Å². The van der Waals surface area contributed by atoms with Gasteiger partial charge in [-0.05, 0) is 92.3 Å². The van der Waals surface area contributed by atoms with Crippen LogP contribution in [0.2, 0.25) is 0 Å². The predicted octanol–water partition coefficient (Wildman–Crippen LogP) is 2.00. The molecule has 2 amide bonds. The molecular weight excluding hydrogens is 624 g/mol. The van der Waals surface area contributed by atoms with Crippen LogP contribution in [0.15, 0.2) is 33.9 Å². The standard InChI is InChI=1S/C32H34N8O6S/c1-16(31-5-8-32(9-6-31,10-7-31)28(45)46)35-27(44)21-13-20(36-29-37-38-30(47)40(21)29)26(43)34-14-17-2-3-18-4-11-39(15-19(18)12-17)23-22(33)24(41)25(23)42/h2-3,12-13,16H,4-11,14-15,33H2,1H3,(H,34,43)(H,35,44)(H,38,47)(H,45,46). The number of carboxylic acids is 1. The second kappa shape index (κ2) is 11.1. The summed E-state index contributed by atoms with van der Waals surface area (Å²) in [5.41, 5.74) is 7.00. The summed E-state index contributed by atoms with van der Waals surface area (Å²) in [5.74, 6) is -1.61. The maximum Gasteiger partial charge on any atom is 0.309 e. The van der Waals surface area contributed by atoms with Crippen LogP contribution in [0.5, 0.6) is 0 Å². The van der Waals surface area contributed by atoms with Crippen molar-refractivity contribution in [1.29, 1.82) is 0 Å². The number of nitrogens with one attached hydrogen (secondary N) is 3. The number of carbonyl (C=O) groups excluding carboxylic acids is 2. The molecule has 1 aliphatic heterocycles. The number of aromatic amines is 1. The summed E-state index contributed by atoms with van der Waals surface area (Å²) in [6.45, 7) is 3.12. The maximum absolute atomic E-state index is 13.7. The number of rotatable bonds is 8. The van der Waals surface area contributed by atoms with Gasteiger partial charge in [-0.2, -0.15) is 0 Å². The van der Waals surface area contributed by atoms with Crippen LogP contribution in [0.3, 0.4) is 0 Å². The highest BCUT2D eigenvalue weighted by Crippen LogP contribution is 2.58. The first-order chi connectivity index (χ1) is 22.4. The number of benzene rings is 1. The number of carboxylic acid groups (broad SMARTS) is 1. The number of amides is 2. The number of carbonyl (C=O) groups is 3. The molecule has 6 N–H and O–H groups in total. The fourth-order valence-electron chi connectivity index (χ4n) is 7.70. The second-order valence-corrected chi connectivity index (χ2v) is 13.6. The Balaban J connectivity index is 1.06. The molecule has 2 bridgehead atoms. The first kappa shape index (κ1) is 30.7. The van der Waals surface area contributed by atoms with Gasteiger partial charge in [-0.15, -0.1) is 5.10 Å². The topological polar surface area (TPSA) is 205 Å². The maximum atomic E-state index is 13.7. The van der Waals surface area contributed by atoms with Gasteiger partial charge in [0.1, 0.15) is 22.8 Å². The van der Waals surface area contributed by atoms with Crippen LogP contribution in [-0.2, 0) is 24.3 Å². The molecule has 8 rings (SSSR count). The Morgan fingerprint density at radius 2 is 1.79 bits per heavy atom. The fraction of sp³-hybridized carbons (Fsp3) is 0.438. The van der Waals surface area contributed by atoms with Gasteiger partial charge in [0, 0.05) is 25.7 Å². The summed E-state index contributed by atoms with van der Waals surface area (Å²) in [4.78, 5) is 68.8. The number of fused-ring (bicyclic) bond motifs is 5. The van der Waals surface area contributed by atoms with E-state index in [1.54, 1.807) is 0 Å². The van der Waals surface area contributed by atoms with Crippen molar-refractivity contribution in [2.45, 2.75) is 71.0 Å². The summed E-state index contributed by atoms with van der Waals surface area (Å²) in [5, 5.41) is 22.5. The van der Waals surface area contributed by atoms with Crippen LogP contribution in [0.4, 0.5) is 11.4 Å². The summed E-state index contributed by atoms with van der Waals surface area (Å²) in [6.07, 6.45) is 4.62. The minimum Gasteiger partial charge on any atom is -0.481 e. The van der Waals surface area contributed by atoms with E-state index in [1.165, 1.54) is 10.5 Å². The van der Waals surface area contributed by atoms with Crippen molar-refractivity contribution in [2.75, 3.05) is 17.2 Å². The molecule has 47 heavy (non-hydrogen) atoms. The molecule has 3 aliphatic carbocycles.